The molecule has 1 fully saturated rings. The number of carbonyl (C=O) groups excluding carboxylic acids is 1. The number of carbonyl (C=O) groups is 1. The van der Waals surface area contributed by atoms with Crippen molar-refractivity contribution >= 4 is 11.6 Å². The third kappa shape index (κ3) is 3.54. The number of morpholine rings is 1. The quantitative estimate of drug-likeness (QED) is 0.828. The Balaban J connectivity index is 2.09. The van der Waals surface area contributed by atoms with Gasteiger partial charge in [0.05, 0.1) is 13.2 Å². The first-order chi connectivity index (χ1) is 9.20. The van der Waals surface area contributed by atoms with E-state index in [1.807, 2.05) is 19.1 Å². The van der Waals surface area contributed by atoms with Gasteiger partial charge in [-0.15, -0.1) is 6.58 Å². The van der Waals surface area contributed by atoms with Crippen LogP contribution in [0.4, 0.5) is 5.69 Å². The molecule has 0 radical (unpaired) electrons. The van der Waals surface area contributed by atoms with Crippen LogP contribution in [0.3, 0.4) is 0 Å². The SMILES string of the molecule is C=CC(C)NC(=O)c1cc(N2CCOCC2)ccn1. The molecule has 102 valence electrons. The van der Waals surface area contributed by atoms with E-state index in [4.69, 9.17) is 4.74 Å². The minimum atomic E-state index is -0.178. The molecule has 1 aliphatic heterocycles. The summed E-state index contributed by atoms with van der Waals surface area (Å²) in [6, 6.07) is 3.66. The van der Waals surface area contributed by atoms with Crippen molar-refractivity contribution in [1.82, 2.24) is 10.3 Å². The average molecular weight is 261 g/mol. The molecule has 1 amide bonds. The summed E-state index contributed by atoms with van der Waals surface area (Å²) in [5, 5.41) is 2.81. The van der Waals surface area contributed by atoms with Gasteiger partial charge in [-0.1, -0.05) is 6.08 Å². The third-order valence-corrected chi connectivity index (χ3v) is 3.06. The van der Waals surface area contributed by atoms with Crippen molar-refractivity contribution in [1.29, 1.82) is 0 Å². The van der Waals surface area contributed by atoms with E-state index in [2.05, 4.69) is 21.8 Å². The van der Waals surface area contributed by atoms with Gasteiger partial charge >= 0.3 is 0 Å². The van der Waals surface area contributed by atoms with E-state index < -0.39 is 0 Å². The number of hydrogen-bond acceptors (Lipinski definition) is 4. The predicted octanol–water partition coefficient (Wildman–Crippen LogP) is 1.22. The second kappa shape index (κ2) is 6.33. The molecule has 1 aliphatic rings. The van der Waals surface area contributed by atoms with Crippen LogP contribution in [-0.2, 0) is 4.74 Å². The fourth-order valence-electron chi connectivity index (χ4n) is 1.90. The highest BCUT2D eigenvalue weighted by molar-refractivity contribution is 5.93. The summed E-state index contributed by atoms with van der Waals surface area (Å²) in [6.45, 7) is 8.63. The summed E-state index contributed by atoms with van der Waals surface area (Å²) in [6.07, 6.45) is 3.35. The van der Waals surface area contributed by atoms with Crippen LogP contribution in [0.5, 0.6) is 0 Å². The zero-order chi connectivity index (χ0) is 13.7. The number of hydrogen-bond donors (Lipinski definition) is 1. The van der Waals surface area contributed by atoms with Gasteiger partial charge in [0.2, 0.25) is 0 Å². The van der Waals surface area contributed by atoms with Gasteiger partial charge in [-0.3, -0.25) is 9.78 Å². The lowest BCUT2D eigenvalue weighted by molar-refractivity contribution is 0.0942. The Morgan fingerprint density at radius 1 is 1.58 bits per heavy atom. The van der Waals surface area contributed by atoms with Gasteiger partial charge in [0.25, 0.3) is 5.91 Å². The molecule has 1 atom stereocenters. The fourth-order valence-corrected chi connectivity index (χ4v) is 1.90. The van der Waals surface area contributed by atoms with E-state index in [0.717, 1.165) is 32.0 Å². The fraction of sp³-hybridized carbons (Fsp3) is 0.429. The predicted molar refractivity (Wildman–Crippen MR) is 74.4 cm³/mol. The first-order valence-electron chi connectivity index (χ1n) is 6.43. The van der Waals surface area contributed by atoms with Crippen LogP contribution >= 0.6 is 0 Å². The Labute approximate surface area is 113 Å². The molecule has 1 N–H and O–H groups in total. The molecule has 5 heteroatoms. The van der Waals surface area contributed by atoms with Crippen LogP contribution in [0, 0.1) is 0 Å². The van der Waals surface area contributed by atoms with Gasteiger partial charge in [-0.2, -0.15) is 0 Å². The van der Waals surface area contributed by atoms with Crippen molar-refractivity contribution in [2.75, 3.05) is 31.2 Å². The summed E-state index contributed by atoms with van der Waals surface area (Å²) < 4.78 is 5.32. The molecule has 5 nitrogen and oxygen atoms in total. The van der Waals surface area contributed by atoms with Gasteiger partial charge in [-0.25, -0.2) is 0 Å². The summed E-state index contributed by atoms with van der Waals surface area (Å²) in [7, 11) is 0. The Hall–Kier alpha value is -1.88. The Bertz CT molecular complexity index is 456. The molecule has 2 rings (SSSR count). The van der Waals surface area contributed by atoms with Crippen LogP contribution in [0.1, 0.15) is 17.4 Å². The zero-order valence-electron chi connectivity index (χ0n) is 11.1. The van der Waals surface area contributed by atoms with Gasteiger partial charge in [0.1, 0.15) is 5.69 Å². The Kier molecular flexibility index (Phi) is 4.52. The van der Waals surface area contributed by atoms with Crippen molar-refractivity contribution < 1.29 is 9.53 Å². The number of pyridine rings is 1. The molecule has 1 unspecified atom stereocenters. The smallest absolute Gasteiger partial charge is 0.270 e. The first kappa shape index (κ1) is 13.5. The number of rotatable bonds is 4. The molecule has 1 aromatic heterocycles. The van der Waals surface area contributed by atoms with Gasteiger partial charge in [0.15, 0.2) is 0 Å². The lowest BCUT2D eigenvalue weighted by Gasteiger charge is -2.28. The number of anilines is 1. The molecule has 0 spiro atoms. The summed E-state index contributed by atoms with van der Waals surface area (Å²) in [5.41, 5.74) is 1.44. The maximum atomic E-state index is 12.0. The molecule has 1 aromatic rings. The second-order valence-corrected chi connectivity index (χ2v) is 4.50. The minimum absolute atomic E-state index is 0.0682. The van der Waals surface area contributed by atoms with E-state index in [1.165, 1.54) is 0 Å². The monoisotopic (exact) mass is 261 g/mol. The lowest BCUT2D eigenvalue weighted by Crippen LogP contribution is -2.36. The van der Waals surface area contributed by atoms with E-state index in [-0.39, 0.29) is 11.9 Å². The van der Waals surface area contributed by atoms with E-state index in [0.29, 0.717) is 5.69 Å². The van der Waals surface area contributed by atoms with Crippen molar-refractivity contribution in [3.63, 3.8) is 0 Å². The maximum Gasteiger partial charge on any atom is 0.270 e. The van der Waals surface area contributed by atoms with Crippen LogP contribution in [0.25, 0.3) is 0 Å². The lowest BCUT2D eigenvalue weighted by atomic mass is 10.2. The highest BCUT2D eigenvalue weighted by Crippen LogP contribution is 2.16. The summed E-state index contributed by atoms with van der Waals surface area (Å²) in [4.78, 5) is 18.3. The number of nitrogens with one attached hydrogen (secondary N) is 1. The molecule has 0 aliphatic carbocycles. The van der Waals surface area contributed by atoms with E-state index >= 15 is 0 Å². The summed E-state index contributed by atoms with van der Waals surface area (Å²) in [5.74, 6) is -0.178. The van der Waals surface area contributed by atoms with Gasteiger partial charge < -0.3 is 15.0 Å². The standard InChI is InChI=1S/C14H19N3O2/c1-3-11(2)16-14(18)13-10-12(4-5-15-13)17-6-8-19-9-7-17/h3-5,10-11H,1,6-9H2,2H3,(H,16,18). The molecular weight excluding hydrogens is 242 g/mol. The molecule has 0 aromatic carbocycles. The van der Waals surface area contributed by atoms with Crippen LogP contribution in [0.15, 0.2) is 31.0 Å². The molecule has 0 bridgehead atoms. The van der Waals surface area contributed by atoms with Gasteiger partial charge in [0, 0.05) is 31.0 Å². The van der Waals surface area contributed by atoms with Crippen molar-refractivity contribution in [3.05, 3.63) is 36.7 Å². The normalized spacial score (nSPS) is 16.8. The van der Waals surface area contributed by atoms with Crippen molar-refractivity contribution in [3.8, 4) is 0 Å². The molecule has 2 heterocycles. The van der Waals surface area contributed by atoms with E-state index in [9.17, 15) is 4.79 Å². The first-order valence-corrected chi connectivity index (χ1v) is 6.43. The molecule has 0 saturated carbocycles. The van der Waals surface area contributed by atoms with E-state index in [1.54, 1.807) is 12.3 Å². The summed E-state index contributed by atoms with van der Waals surface area (Å²) >= 11 is 0. The molecule has 19 heavy (non-hydrogen) atoms. The highest BCUT2D eigenvalue weighted by atomic mass is 16.5. The Morgan fingerprint density at radius 3 is 3.00 bits per heavy atom. The number of amides is 1. The zero-order valence-corrected chi connectivity index (χ0v) is 11.1. The molecular formula is C14H19N3O2. The second-order valence-electron chi connectivity index (χ2n) is 4.50. The highest BCUT2D eigenvalue weighted by Gasteiger charge is 2.14. The maximum absolute atomic E-state index is 12.0. The average Bonchev–Trinajstić information content (AvgIpc) is 2.48. The van der Waals surface area contributed by atoms with Crippen molar-refractivity contribution in [2.24, 2.45) is 0 Å². The Morgan fingerprint density at radius 2 is 2.32 bits per heavy atom. The van der Waals surface area contributed by atoms with Crippen LogP contribution in [0.2, 0.25) is 0 Å². The topological polar surface area (TPSA) is 54.5 Å². The number of aromatic nitrogens is 1. The number of ether oxygens (including phenoxy) is 1. The largest absolute Gasteiger partial charge is 0.378 e. The third-order valence-electron chi connectivity index (χ3n) is 3.06. The van der Waals surface area contributed by atoms with Crippen LogP contribution in [-0.4, -0.2) is 43.2 Å². The number of nitrogens with zero attached hydrogens (tertiary/aromatic N) is 2. The van der Waals surface area contributed by atoms with Gasteiger partial charge in [-0.05, 0) is 19.1 Å². The van der Waals surface area contributed by atoms with Crippen LogP contribution < -0.4 is 10.2 Å². The van der Waals surface area contributed by atoms with Crippen molar-refractivity contribution in [2.45, 2.75) is 13.0 Å². The minimum Gasteiger partial charge on any atom is -0.378 e. The molecule has 1 saturated heterocycles.